The van der Waals surface area contributed by atoms with Crippen molar-refractivity contribution in [1.29, 1.82) is 0 Å². The predicted molar refractivity (Wildman–Crippen MR) is 139 cm³/mol. The monoisotopic (exact) mass is 505 g/mol. The highest BCUT2D eigenvalue weighted by Gasteiger charge is 2.27. The molecule has 0 radical (unpaired) electrons. The molecule has 0 saturated carbocycles. The summed E-state index contributed by atoms with van der Waals surface area (Å²) in [4.78, 5) is 26.6. The molecule has 0 spiro atoms. The van der Waals surface area contributed by atoms with Crippen LogP contribution < -0.4 is 4.74 Å². The summed E-state index contributed by atoms with van der Waals surface area (Å²) in [5.74, 6) is -0.391. The van der Waals surface area contributed by atoms with E-state index >= 15 is 0 Å². The Balaban J connectivity index is 1.87. The van der Waals surface area contributed by atoms with Crippen molar-refractivity contribution in [1.82, 2.24) is 15.0 Å². The standard InChI is InChI=1S/C28H28ClN3O4/c1-5-35-25(33)14-11-18-15-21(28(2,3)4)26(36-27(34)19-9-7-6-8-10-19)24(16-18)32-30-22-13-12-20(29)17-23(22)31-32/h6-10,12-13,15-17H,5,11,14H2,1-4H3. The van der Waals surface area contributed by atoms with Gasteiger partial charge in [0.1, 0.15) is 16.7 Å². The highest BCUT2D eigenvalue weighted by Crippen LogP contribution is 2.38. The maximum absolute atomic E-state index is 13.1. The van der Waals surface area contributed by atoms with Gasteiger partial charge in [-0.2, -0.15) is 0 Å². The molecular formula is C28H28ClN3O4. The topological polar surface area (TPSA) is 83.3 Å². The Morgan fingerprint density at radius 1 is 0.972 bits per heavy atom. The highest BCUT2D eigenvalue weighted by atomic mass is 35.5. The summed E-state index contributed by atoms with van der Waals surface area (Å²) in [6.45, 7) is 8.22. The van der Waals surface area contributed by atoms with Crippen LogP contribution >= 0.6 is 11.6 Å². The summed E-state index contributed by atoms with van der Waals surface area (Å²) in [7, 11) is 0. The summed E-state index contributed by atoms with van der Waals surface area (Å²) < 4.78 is 11.1. The van der Waals surface area contributed by atoms with Gasteiger partial charge in [0.2, 0.25) is 0 Å². The van der Waals surface area contributed by atoms with Crippen LogP contribution in [0.2, 0.25) is 5.02 Å². The zero-order valence-corrected chi connectivity index (χ0v) is 21.5. The molecule has 0 saturated heterocycles. The van der Waals surface area contributed by atoms with Gasteiger partial charge >= 0.3 is 11.9 Å². The van der Waals surface area contributed by atoms with Crippen LogP contribution in [0.15, 0.2) is 60.7 Å². The van der Waals surface area contributed by atoms with Crippen LogP contribution in [0.25, 0.3) is 16.7 Å². The molecule has 0 bridgehead atoms. The second-order valence-electron chi connectivity index (χ2n) is 9.42. The maximum Gasteiger partial charge on any atom is 0.343 e. The van der Waals surface area contributed by atoms with Crippen molar-refractivity contribution in [2.75, 3.05) is 6.61 Å². The fourth-order valence-electron chi connectivity index (χ4n) is 3.83. The molecule has 0 aliphatic carbocycles. The number of aromatic nitrogens is 3. The van der Waals surface area contributed by atoms with E-state index in [4.69, 9.17) is 21.1 Å². The fourth-order valence-corrected chi connectivity index (χ4v) is 4.00. The molecule has 0 atom stereocenters. The lowest BCUT2D eigenvalue weighted by Crippen LogP contribution is -2.19. The first-order valence-electron chi connectivity index (χ1n) is 11.8. The largest absolute Gasteiger partial charge is 0.466 e. The molecule has 0 amide bonds. The third-order valence-corrected chi connectivity index (χ3v) is 5.86. The van der Waals surface area contributed by atoms with Gasteiger partial charge < -0.3 is 9.47 Å². The normalized spacial score (nSPS) is 11.5. The number of aryl methyl sites for hydroxylation is 1. The van der Waals surface area contributed by atoms with Crippen LogP contribution in [-0.2, 0) is 21.4 Å². The lowest BCUT2D eigenvalue weighted by atomic mass is 9.84. The van der Waals surface area contributed by atoms with E-state index in [2.05, 4.69) is 10.2 Å². The van der Waals surface area contributed by atoms with Gasteiger partial charge in [0.25, 0.3) is 0 Å². The van der Waals surface area contributed by atoms with E-state index in [1.807, 2.05) is 39.0 Å². The first kappa shape index (κ1) is 25.4. The number of benzene rings is 3. The fraction of sp³-hybridized carbons (Fsp3) is 0.286. The van der Waals surface area contributed by atoms with Crippen molar-refractivity contribution in [2.24, 2.45) is 0 Å². The summed E-state index contributed by atoms with van der Waals surface area (Å²) in [6.07, 6.45) is 0.679. The van der Waals surface area contributed by atoms with Crippen LogP contribution in [0.4, 0.5) is 0 Å². The molecule has 4 rings (SSSR count). The Bertz CT molecular complexity index is 1410. The molecule has 36 heavy (non-hydrogen) atoms. The number of rotatable bonds is 7. The van der Waals surface area contributed by atoms with Gasteiger partial charge in [0.15, 0.2) is 5.75 Å². The van der Waals surface area contributed by atoms with Crippen molar-refractivity contribution in [3.63, 3.8) is 0 Å². The predicted octanol–water partition coefficient (Wildman–Crippen LogP) is 6.09. The van der Waals surface area contributed by atoms with Gasteiger partial charge in [-0.15, -0.1) is 15.0 Å². The van der Waals surface area contributed by atoms with Crippen molar-refractivity contribution in [3.05, 3.63) is 82.4 Å². The lowest BCUT2D eigenvalue weighted by molar-refractivity contribution is -0.143. The number of halogens is 1. The van der Waals surface area contributed by atoms with Gasteiger partial charge in [0, 0.05) is 17.0 Å². The zero-order valence-electron chi connectivity index (χ0n) is 20.7. The average molecular weight is 506 g/mol. The van der Waals surface area contributed by atoms with Crippen LogP contribution in [0.5, 0.6) is 5.75 Å². The van der Waals surface area contributed by atoms with E-state index in [1.165, 1.54) is 4.80 Å². The van der Waals surface area contributed by atoms with E-state index in [9.17, 15) is 9.59 Å². The smallest absolute Gasteiger partial charge is 0.343 e. The van der Waals surface area contributed by atoms with Gasteiger partial charge in [-0.1, -0.05) is 56.6 Å². The molecule has 0 fully saturated rings. The van der Waals surface area contributed by atoms with Crippen molar-refractivity contribution in [3.8, 4) is 11.4 Å². The molecule has 186 valence electrons. The van der Waals surface area contributed by atoms with Gasteiger partial charge in [0.05, 0.1) is 12.2 Å². The zero-order chi connectivity index (χ0) is 25.9. The van der Waals surface area contributed by atoms with E-state index in [0.29, 0.717) is 46.1 Å². The third kappa shape index (κ3) is 5.74. The summed E-state index contributed by atoms with van der Waals surface area (Å²) in [5, 5.41) is 9.77. The van der Waals surface area contributed by atoms with Gasteiger partial charge in [-0.05, 0) is 60.7 Å². The SMILES string of the molecule is CCOC(=O)CCc1cc(-n2nc3ccc(Cl)cc3n2)c(OC(=O)c2ccccc2)c(C(C)(C)C)c1. The number of fused-ring (bicyclic) bond motifs is 1. The third-order valence-electron chi connectivity index (χ3n) is 5.62. The minimum Gasteiger partial charge on any atom is -0.466 e. The first-order chi connectivity index (χ1) is 17.2. The van der Waals surface area contributed by atoms with Gasteiger partial charge in [-0.25, -0.2) is 4.79 Å². The summed E-state index contributed by atoms with van der Waals surface area (Å²) in [5.41, 5.74) is 3.46. The maximum atomic E-state index is 13.1. The Hall–Kier alpha value is -3.71. The van der Waals surface area contributed by atoms with Crippen LogP contribution in [-0.4, -0.2) is 33.5 Å². The van der Waals surface area contributed by atoms with E-state index in [-0.39, 0.29) is 12.4 Å². The molecule has 0 aliphatic rings. The number of hydrogen-bond acceptors (Lipinski definition) is 6. The minimum absolute atomic E-state index is 0.226. The molecule has 0 N–H and O–H groups in total. The number of carbonyl (C=O) groups is 2. The number of nitrogens with zero attached hydrogens (tertiary/aromatic N) is 3. The summed E-state index contributed by atoms with van der Waals surface area (Å²) in [6, 6.07) is 17.9. The molecular weight excluding hydrogens is 478 g/mol. The number of ether oxygens (including phenoxy) is 2. The number of esters is 2. The van der Waals surface area contributed by atoms with Crippen LogP contribution in [0.1, 0.15) is 55.6 Å². The Morgan fingerprint density at radius 3 is 2.39 bits per heavy atom. The van der Waals surface area contributed by atoms with Crippen molar-refractivity contribution >= 4 is 34.6 Å². The van der Waals surface area contributed by atoms with E-state index in [1.54, 1.807) is 49.4 Å². The van der Waals surface area contributed by atoms with E-state index in [0.717, 1.165) is 11.1 Å². The molecule has 1 heterocycles. The second kappa shape index (κ2) is 10.5. The average Bonchev–Trinajstić information content (AvgIpc) is 3.26. The highest BCUT2D eigenvalue weighted by molar-refractivity contribution is 6.31. The van der Waals surface area contributed by atoms with Crippen molar-refractivity contribution < 1.29 is 19.1 Å². The quantitative estimate of drug-likeness (QED) is 0.223. The minimum atomic E-state index is -0.485. The van der Waals surface area contributed by atoms with E-state index < -0.39 is 11.4 Å². The molecule has 4 aromatic rings. The molecule has 1 aromatic heterocycles. The Morgan fingerprint density at radius 2 is 1.69 bits per heavy atom. The molecule has 8 heteroatoms. The van der Waals surface area contributed by atoms with Crippen molar-refractivity contribution in [2.45, 2.75) is 46.0 Å². The molecule has 7 nitrogen and oxygen atoms in total. The Kier molecular flexibility index (Phi) is 7.40. The van der Waals surface area contributed by atoms with Crippen LogP contribution in [0, 0.1) is 0 Å². The summed E-state index contributed by atoms with van der Waals surface area (Å²) >= 11 is 6.16. The lowest BCUT2D eigenvalue weighted by Gasteiger charge is -2.25. The second-order valence-corrected chi connectivity index (χ2v) is 9.86. The Labute approximate surface area is 215 Å². The molecule has 3 aromatic carbocycles. The number of hydrogen-bond donors (Lipinski definition) is 0. The molecule has 0 unspecified atom stereocenters. The number of carbonyl (C=O) groups excluding carboxylic acids is 2. The van der Waals surface area contributed by atoms with Gasteiger partial charge in [-0.3, -0.25) is 4.79 Å². The first-order valence-corrected chi connectivity index (χ1v) is 12.2. The van der Waals surface area contributed by atoms with Crippen LogP contribution in [0.3, 0.4) is 0 Å². The molecule has 0 aliphatic heterocycles.